The molecule has 7 nitrogen and oxygen atoms in total. The van der Waals surface area contributed by atoms with E-state index in [4.69, 9.17) is 11.6 Å². The first-order chi connectivity index (χ1) is 14.6. The van der Waals surface area contributed by atoms with Gasteiger partial charge in [0, 0.05) is 11.6 Å². The van der Waals surface area contributed by atoms with Gasteiger partial charge in [0.1, 0.15) is 0 Å². The second-order valence-corrected chi connectivity index (χ2v) is 6.90. The van der Waals surface area contributed by atoms with Gasteiger partial charge >= 0.3 is 11.9 Å². The first-order valence-electron chi connectivity index (χ1n) is 9.06. The maximum atomic E-state index is 13.0. The van der Waals surface area contributed by atoms with Gasteiger partial charge in [0.05, 0.1) is 17.8 Å². The molecule has 3 aromatic rings. The summed E-state index contributed by atoms with van der Waals surface area (Å²) in [5.74, 6) is -0.812. The molecule has 1 heterocycles. The Bertz CT molecular complexity index is 1230. The van der Waals surface area contributed by atoms with E-state index in [1.165, 1.54) is 36.4 Å². The summed E-state index contributed by atoms with van der Waals surface area (Å²) in [6.45, 7) is 1.35. The van der Waals surface area contributed by atoms with Gasteiger partial charge in [0.25, 0.3) is 11.5 Å². The molecule has 1 N–H and O–H groups in total. The summed E-state index contributed by atoms with van der Waals surface area (Å²) in [5, 5.41) is 6.70. The molecule has 162 valence electrons. The Labute approximate surface area is 178 Å². The Morgan fingerprint density at radius 3 is 2.42 bits per heavy atom. The maximum absolute atomic E-state index is 13.0. The van der Waals surface area contributed by atoms with Crippen molar-refractivity contribution in [1.29, 1.82) is 0 Å². The molecule has 0 unspecified atom stereocenters. The number of hydrogen-bond acceptors (Lipinski definition) is 4. The zero-order valence-electron chi connectivity index (χ0n) is 16.1. The average molecular weight is 453 g/mol. The summed E-state index contributed by atoms with van der Waals surface area (Å²) in [5.41, 5.74) is -3.14. The normalized spacial score (nSPS) is 11.4. The molecule has 0 saturated heterocycles. The fourth-order valence-corrected chi connectivity index (χ4v) is 2.95. The topological polar surface area (TPSA) is 86.0 Å². The number of aromatic nitrogens is 3. The molecule has 0 aliphatic carbocycles. The van der Waals surface area contributed by atoms with Crippen molar-refractivity contribution in [2.75, 3.05) is 6.54 Å². The Morgan fingerprint density at radius 1 is 1.13 bits per heavy atom. The van der Waals surface area contributed by atoms with Crippen LogP contribution in [0.2, 0.25) is 5.02 Å². The van der Waals surface area contributed by atoms with E-state index < -0.39 is 41.1 Å². The van der Waals surface area contributed by atoms with Crippen molar-refractivity contribution in [3.05, 3.63) is 91.2 Å². The van der Waals surface area contributed by atoms with Crippen molar-refractivity contribution >= 4 is 17.5 Å². The third-order valence-electron chi connectivity index (χ3n) is 4.28. The SMILES string of the molecule is CCNC(=O)c1nn(-c2ccc(Cl)cc2)c(=O)n(Cc2cccc(C(F)(F)F)c2)c1=O. The van der Waals surface area contributed by atoms with Crippen molar-refractivity contribution in [2.45, 2.75) is 19.6 Å². The number of benzene rings is 2. The van der Waals surface area contributed by atoms with Crippen molar-refractivity contribution in [3.8, 4) is 5.69 Å². The van der Waals surface area contributed by atoms with Crippen LogP contribution in [0.3, 0.4) is 0 Å². The first kappa shape index (κ1) is 22.3. The van der Waals surface area contributed by atoms with Crippen LogP contribution in [0.1, 0.15) is 28.5 Å². The summed E-state index contributed by atoms with van der Waals surface area (Å²) >= 11 is 5.86. The van der Waals surface area contributed by atoms with Crippen LogP contribution in [-0.4, -0.2) is 26.8 Å². The predicted octanol–water partition coefficient (Wildman–Crippen LogP) is 2.86. The van der Waals surface area contributed by atoms with Crippen LogP contribution in [0.25, 0.3) is 5.69 Å². The van der Waals surface area contributed by atoms with E-state index >= 15 is 0 Å². The highest BCUT2D eigenvalue weighted by Gasteiger charge is 2.30. The van der Waals surface area contributed by atoms with E-state index in [9.17, 15) is 27.6 Å². The highest BCUT2D eigenvalue weighted by atomic mass is 35.5. The van der Waals surface area contributed by atoms with E-state index in [-0.39, 0.29) is 17.8 Å². The minimum atomic E-state index is -4.59. The molecule has 0 fully saturated rings. The molecule has 0 aliphatic rings. The van der Waals surface area contributed by atoms with E-state index in [2.05, 4.69) is 10.4 Å². The maximum Gasteiger partial charge on any atom is 0.416 e. The van der Waals surface area contributed by atoms with Gasteiger partial charge in [0.15, 0.2) is 0 Å². The lowest BCUT2D eigenvalue weighted by Gasteiger charge is -2.13. The molecule has 3 rings (SSSR count). The van der Waals surface area contributed by atoms with Crippen LogP contribution in [0.4, 0.5) is 13.2 Å². The van der Waals surface area contributed by atoms with Crippen LogP contribution >= 0.6 is 11.6 Å². The van der Waals surface area contributed by atoms with Crippen molar-refractivity contribution in [3.63, 3.8) is 0 Å². The molecule has 0 radical (unpaired) electrons. The Balaban J connectivity index is 2.19. The van der Waals surface area contributed by atoms with E-state index in [0.29, 0.717) is 9.59 Å². The Hall–Kier alpha value is -3.40. The second-order valence-electron chi connectivity index (χ2n) is 6.47. The molecule has 11 heteroatoms. The largest absolute Gasteiger partial charge is 0.416 e. The third kappa shape index (κ3) is 4.85. The molecule has 0 spiro atoms. The van der Waals surface area contributed by atoms with Crippen molar-refractivity contribution < 1.29 is 18.0 Å². The van der Waals surface area contributed by atoms with E-state index in [0.717, 1.165) is 16.8 Å². The van der Waals surface area contributed by atoms with Gasteiger partial charge in [-0.25, -0.2) is 4.79 Å². The van der Waals surface area contributed by atoms with Gasteiger partial charge in [0.2, 0.25) is 5.69 Å². The van der Waals surface area contributed by atoms with Gasteiger partial charge in [-0.15, -0.1) is 0 Å². The molecule has 0 bridgehead atoms. The smallest absolute Gasteiger partial charge is 0.351 e. The molecule has 1 amide bonds. The van der Waals surface area contributed by atoms with Crippen LogP contribution in [-0.2, 0) is 12.7 Å². The van der Waals surface area contributed by atoms with Crippen LogP contribution in [0, 0.1) is 0 Å². The number of rotatable bonds is 5. The third-order valence-corrected chi connectivity index (χ3v) is 4.53. The van der Waals surface area contributed by atoms with Crippen molar-refractivity contribution in [1.82, 2.24) is 19.7 Å². The number of nitrogens with zero attached hydrogens (tertiary/aromatic N) is 3. The molecule has 1 aromatic heterocycles. The van der Waals surface area contributed by atoms with Gasteiger partial charge in [-0.1, -0.05) is 23.7 Å². The van der Waals surface area contributed by atoms with Gasteiger partial charge in [-0.2, -0.15) is 23.0 Å². The molecule has 0 aliphatic heterocycles. The van der Waals surface area contributed by atoms with Crippen LogP contribution < -0.4 is 16.6 Å². The minimum absolute atomic E-state index is 0.0599. The summed E-state index contributed by atoms with van der Waals surface area (Å²) in [6, 6.07) is 10.1. The lowest BCUT2D eigenvalue weighted by Crippen LogP contribution is -2.46. The molecular weight excluding hydrogens is 437 g/mol. The fourth-order valence-electron chi connectivity index (χ4n) is 2.82. The van der Waals surface area contributed by atoms with Gasteiger partial charge < -0.3 is 5.32 Å². The number of carbonyl (C=O) groups excluding carboxylic acids is 1. The monoisotopic (exact) mass is 452 g/mol. The molecule has 0 atom stereocenters. The summed E-state index contributed by atoms with van der Waals surface area (Å²) in [7, 11) is 0. The summed E-state index contributed by atoms with van der Waals surface area (Å²) in [4.78, 5) is 38.1. The quantitative estimate of drug-likeness (QED) is 0.645. The first-order valence-corrected chi connectivity index (χ1v) is 9.44. The van der Waals surface area contributed by atoms with E-state index in [1.807, 2.05) is 0 Å². The summed E-state index contributed by atoms with van der Waals surface area (Å²) < 4.78 is 40.6. The number of nitrogens with one attached hydrogen (secondary N) is 1. The summed E-state index contributed by atoms with van der Waals surface area (Å²) in [6.07, 6.45) is -4.59. The number of amides is 1. The average Bonchev–Trinajstić information content (AvgIpc) is 2.72. The fraction of sp³-hybridized carbons (Fsp3) is 0.200. The number of carbonyl (C=O) groups is 1. The molecule has 31 heavy (non-hydrogen) atoms. The second kappa shape index (κ2) is 8.76. The van der Waals surface area contributed by atoms with E-state index in [1.54, 1.807) is 6.92 Å². The Kier molecular flexibility index (Phi) is 6.30. The highest BCUT2D eigenvalue weighted by molar-refractivity contribution is 6.30. The zero-order chi connectivity index (χ0) is 22.8. The van der Waals surface area contributed by atoms with Crippen LogP contribution in [0.15, 0.2) is 58.1 Å². The number of hydrogen-bond donors (Lipinski definition) is 1. The van der Waals surface area contributed by atoms with Gasteiger partial charge in [-0.3, -0.25) is 14.2 Å². The molecule has 0 saturated carbocycles. The zero-order valence-corrected chi connectivity index (χ0v) is 16.9. The highest BCUT2D eigenvalue weighted by Crippen LogP contribution is 2.29. The molecular formula is C20H16ClF3N4O3. The van der Waals surface area contributed by atoms with Crippen molar-refractivity contribution in [2.24, 2.45) is 0 Å². The number of alkyl halides is 3. The van der Waals surface area contributed by atoms with Gasteiger partial charge in [-0.05, 0) is 48.9 Å². The molecule has 2 aromatic carbocycles. The minimum Gasteiger partial charge on any atom is -0.351 e. The predicted molar refractivity (Wildman–Crippen MR) is 108 cm³/mol. The lowest BCUT2D eigenvalue weighted by molar-refractivity contribution is -0.137. The lowest BCUT2D eigenvalue weighted by atomic mass is 10.1. The van der Waals surface area contributed by atoms with Crippen LogP contribution in [0.5, 0.6) is 0 Å². The number of halogens is 4. The Morgan fingerprint density at radius 2 is 1.81 bits per heavy atom. The standard InChI is InChI=1S/C20H16ClF3N4O3/c1-2-25-17(29)16-18(30)27(11-12-4-3-5-13(10-12)20(22,23)24)19(31)28(26-16)15-8-6-14(21)7-9-15/h3-10H,2,11H2,1H3,(H,25,29).